The lowest BCUT2D eigenvalue weighted by Crippen LogP contribution is -2.51. The van der Waals surface area contributed by atoms with Crippen LogP contribution in [0.3, 0.4) is 0 Å². The maximum atomic E-state index is 6.05. The molecule has 0 aromatic heterocycles. The van der Waals surface area contributed by atoms with E-state index in [1.807, 2.05) is 0 Å². The van der Waals surface area contributed by atoms with Crippen LogP contribution in [0.4, 0.5) is 0 Å². The van der Waals surface area contributed by atoms with Crippen molar-refractivity contribution in [3.05, 3.63) is 0 Å². The van der Waals surface area contributed by atoms with E-state index < -0.39 is 0 Å². The summed E-state index contributed by atoms with van der Waals surface area (Å²) in [6.07, 6.45) is 13.3. The van der Waals surface area contributed by atoms with Crippen LogP contribution in [-0.4, -0.2) is 25.3 Å². The minimum absolute atomic E-state index is 0.0798. The number of rotatable bonds is 9. The van der Waals surface area contributed by atoms with Gasteiger partial charge in [-0.25, -0.2) is 0 Å². The molecule has 1 rings (SSSR count). The van der Waals surface area contributed by atoms with E-state index in [1.54, 1.807) is 0 Å². The third-order valence-electron chi connectivity index (χ3n) is 4.43. The highest BCUT2D eigenvalue weighted by atomic mass is 16.5. The number of nitrogens with one attached hydrogen (secondary N) is 1. The molecule has 1 heterocycles. The van der Waals surface area contributed by atoms with Crippen LogP contribution >= 0.6 is 0 Å². The van der Waals surface area contributed by atoms with Gasteiger partial charge in [-0.3, -0.25) is 0 Å². The summed E-state index contributed by atoms with van der Waals surface area (Å²) in [5.74, 6) is 0. The average Bonchev–Trinajstić information content (AvgIpc) is 2.38. The van der Waals surface area contributed by atoms with Crippen LogP contribution < -0.4 is 5.32 Å². The molecule has 2 heteroatoms. The summed E-state index contributed by atoms with van der Waals surface area (Å²) < 4.78 is 6.05. The third kappa shape index (κ3) is 5.27. The van der Waals surface area contributed by atoms with Crippen molar-refractivity contribution in [2.24, 2.45) is 0 Å². The lowest BCUT2D eigenvalue weighted by molar-refractivity contribution is -0.0890. The Morgan fingerprint density at radius 3 is 2.44 bits per heavy atom. The molecule has 1 aliphatic heterocycles. The summed E-state index contributed by atoms with van der Waals surface area (Å²) in [6.45, 7) is 5.52. The highest BCUT2D eigenvalue weighted by Crippen LogP contribution is 2.30. The summed E-state index contributed by atoms with van der Waals surface area (Å²) in [5, 5.41) is 3.49. The predicted molar refractivity (Wildman–Crippen MR) is 79.0 cm³/mol. The van der Waals surface area contributed by atoms with Crippen LogP contribution in [0, 0.1) is 0 Å². The first-order chi connectivity index (χ1) is 8.73. The minimum atomic E-state index is 0.0798. The summed E-state index contributed by atoms with van der Waals surface area (Å²) in [4.78, 5) is 0. The molecule has 18 heavy (non-hydrogen) atoms. The molecule has 0 aromatic rings. The van der Waals surface area contributed by atoms with Crippen molar-refractivity contribution in [1.82, 2.24) is 5.32 Å². The molecule has 2 unspecified atom stereocenters. The summed E-state index contributed by atoms with van der Waals surface area (Å²) in [5.41, 5.74) is 0.0798. The first-order valence-electron chi connectivity index (χ1n) is 8.04. The minimum Gasteiger partial charge on any atom is -0.374 e. The van der Waals surface area contributed by atoms with Crippen molar-refractivity contribution in [2.45, 2.75) is 89.7 Å². The molecule has 0 saturated carbocycles. The quantitative estimate of drug-likeness (QED) is 0.621. The van der Waals surface area contributed by atoms with Gasteiger partial charge in [-0.05, 0) is 39.7 Å². The topological polar surface area (TPSA) is 21.3 Å². The molecule has 108 valence electrons. The fourth-order valence-corrected chi connectivity index (χ4v) is 3.11. The molecule has 0 spiro atoms. The van der Waals surface area contributed by atoms with Gasteiger partial charge in [-0.1, -0.05) is 45.4 Å². The fourth-order valence-electron chi connectivity index (χ4n) is 3.11. The molecule has 0 amide bonds. The van der Waals surface area contributed by atoms with Gasteiger partial charge in [0.05, 0.1) is 5.60 Å². The van der Waals surface area contributed by atoms with Crippen molar-refractivity contribution in [1.29, 1.82) is 0 Å². The standard InChI is InChI=1S/C16H33NO/c1-4-5-6-7-8-9-12-15(17-3)16(2)13-10-11-14-18-16/h15,17H,4-14H2,1-3H3. The molecule has 0 bridgehead atoms. The lowest BCUT2D eigenvalue weighted by Gasteiger charge is -2.40. The van der Waals surface area contributed by atoms with Crippen LogP contribution in [0.15, 0.2) is 0 Å². The second-order valence-corrected chi connectivity index (χ2v) is 6.02. The Bertz CT molecular complexity index is 199. The predicted octanol–water partition coefficient (Wildman–Crippen LogP) is 4.28. The van der Waals surface area contributed by atoms with Gasteiger partial charge in [-0.2, -0.15) is 0 Å². The van der Waals surface area contributed by atoms with E-state index in [4.69, 9.17) is 4.74 Å². The highest BCUT2D eigenvalue weighted by Gasteiger charge is 2.35. The maximum Gasteiger partial charge on any atom is 0.0806 e. The van der Waals surface area contributed by atoms with Crippen molar-refractivity contribution in [2.75, 3.05) is 13.7 Å². The Labute approximate surface area is 114 Å². The molecule has 0 aliphatic carbocycles. The van der Waals surface area contributed by atoms with E-state index >= 15 is 0 Å². The Morgan fingerprint density at radius 2 is 1.83 bits per heavy atom. The van der Waals surface area contributed by atoms with Crippen LogP contribution in [0.2, 0.25) is 0 Å². The van der Waals surface area contributed by atoms with Crippen LogP contribution in [0.25, 0.3) is 0 Å². The molecule has 2 atom stereocenters. The van der Waals surface area contributed by atoms with Crippen molar-refractivity contribution >= 4 is 0 Å². The summed E-state index contributed by atoms with van der Waals surface area (Å²) in [7, 11) is 2.09. The van der Waals surface area contributed by atoms with E-state index in [-0.39, 0.29) is 5.60 Å². The second-order valence-electron chi connectivity index (χ2n) is 6.02. The van der Waals surface area contributed by atoms with Crippen LogP contribution in [-0.2, 0) is 4.74 Å². The molecular formula is C16H33NO. The van der Waals surface area contributed by atoms with Crippen molar-refractivity contribution < 1.29 is 4.74 Å². The summed E-state index contributed by atoms with van der Waals surface area (Å²) >= 11 is 0. The average molecular weight is 255 g/mol. The zero-order valence-corrected chi connectivity index (χ0v) is 12.8. The molecule has 0 aromatic carbocycles. The van der Waals surface area contributed by atoms with Gasteiger partial charge in [0.1, 0.15) is 0 Å². The van der Waals surface area contributed by atoms with Crippen molar-refractivity contribution in [3.8, 4) is 0 Å². The summed E-state index contributed by atoms with van der Waals surface area (Å²) in [6, 6.07) is 0.531. The molecule has 2 nitrogen and oxygen atoms in total. The molecule has 1 fully saturated rings. The van der Waals surface area contributed by atoms with Gasteiger partial charge in [0.2, 0.25) is 0 Å². The smallest absolute Gasteiger partial charge is 0.0806 e. The molecule has 1 N–H and O–H groups in total. The Morgan fingerprint density at radius 1 is 1.11 bits per heavy atom. The van der Waals surface area contributed by atoms with Crippen LogP contribution in [0.5, 0.6) is 0 Å². The second kappa shape index (κ2) is 8.92. The molecular weight excluding hydrogens is 222 g/mol. The van der Waals surface area contributed by atoms with Crippen LogP contribution in [0.1, 0.15) is 78.1 Å². The monoisotopic (exact) mass is 255 g/mol. The number of ether oxygens (including phenoxy) is 1. The first-order valence-corrected chi connectivity index (χ1v) is 8.04. The van der Waals surface area contributed by atoms with Gasteiger partial charge in [0, 0.05) is 12.6 Å². The number of hydrogen-bond donors (Lipinski definition) is 1. The zero-order chi connectivity index (χ0) is 13.3. The molecule has 0 radical (unpaired) electrons. The van der Waals surface area contributed by atoms with Gasteiger partial charge >= 0.3 is 0 Å². The SMILES string of the molecule is CCCCCCCCC(NC)C1(C)CCCCO1. The zero-order valence-electron chi connectivity index (χ0n) is 12.8. The Hall–Kier alpha value is -0.0800. The van der Waals surface area contributed by atoms with Gasteiger partial charge < -0.3 is 10.1 Å². The maximum absolute atomic E-state index is 6.05. The largest absolute Gasteiger partial charge is 0.374 e. The van der Waals surface area contributed by atoms with E-state index in [0.717, 1.165) is 6.61 Å². The van der Waals surface area contributed by atoms with Gasteiger partial charge in [0.15, 0.2) is 0 Å². The van der Waals surface area contributed by atoms with Gasteiger partial charge in [0.25, 0.3) is 0 Å². The van der Waals surface area contributed by atoms with E-state index in [2.05, 4.69) is 26.2 Å². The Balaban J connectivity index is 2.20. The molecule has 1 saturated heterocycles. The first kappa shape index (κ1) is 16.0. The van der Waals surface area contributed by atoms with E-state index in [1.165, 1.54) is 64.2 Å². The fraction of sp³-hybridized carbons (Fsp3) is 1.00. The van der Waals surface area contributed by atoms with Gasteiger partial charge in [-0.15, -0.1) is 0 Å². The van der Waals surface area contributed by atoms with E-state index in [9.17, 15) is 0 Å². The Kier molecular flexibility index (Phi) is 7.92. The normalized spacial score (nSPS) is 26.2. The highest BCUT2D eigenvalue weighted by molar-refractivity contribution is 4.90. The lowest BCUT2D eigenvalue weighted by atomic mass is 9.85. The van der Waals surface area contributed by atoms with Crippen molar-refractivity contribution in [3.63, 3.8) is 0 Å². The van der Waals surface area contributed by atoms with E-state index in [0.29, 0.717) is 6.04 Å². The number of likely N-dealkylation sites (N-methyl/N-ethyl adjacent to an activating group) is 1. The number of unbranched alkanes of at least 4 members (excludes halogenated alkanes) is 5. The number of hydrogen-bond acceptors (Lipinski definition) is 2. The third-order valence-corrected chi connectivity index (χ3v) is 4.43. The molecule has 1 aliphatic rings.